The Morgan fingerprint density at radius 3 is 1.55 bits per heavy atom. The number of phenolic OH excluding ortho intramolecular Hbond substituents is 2. The monoisotopic (exact) mass is 538 g/mol. The van der Waals surface area contributed by atoms with Crippen LogP contribution in [0.2, 0.25) is 0 Å². The fraction of sp³-hybridized carbons (Fsp3) is 0.143. The number of nitrogens with zero attached hydrogens (tertiary/aromatic N) is 6. The Kier molecular flexibility index (Phi) is 7.77. The number of rotatable bonds is 10. The molecule has 5 aromatic rings. The van der Waals surface area contributed by atoms with Gasteiger partial charge in [0, 0.05) is 22.3 Å². The predicted molar refractivity (Wildman–Crippen MR) is 143 cm³/mol. The summed E-state index contributed by atoms with van der Waals surface area (Å²) in [7, 11) is 0. The lowest BCUT2D eigenvalue weighted by atomic mass is 10.1. The Morgan fingerprint density at radius 1 is 0.650 bits per heavy atom. The first-order valence-corrected chi connectivity index (χ1v) is 12.4. The van der Waals surface area contributed by atoms with E-state index in [0.717, 1.165) is 0 Å². The predicted octanol–water partition coefficient (Wildman–Crippen LogP) is 2.24. The highest BCUT2D eigenvalue weighted by molar-refractivity contribution is 5.99. The molecular formula is C28H26N8O4. The second-order valence-electron chi connectivity index (χ2n) is 9.02. The van der Waals surface area contributed by atoms with E-state index in [1.54, 1.807) is 76.4 Å². The fourth-order valence-corrected chi connectivity index (χ4v) is 3.98. The maximum Gasteiger partial charge on any atom is 0.251 e. The second-order valence-corrected chi connectivity index (χ2v) is 9.02. The summed E-state index contributed by atoms with van der Waals surface area (Å²) in [6, 6.07) is 20.3. The fourth-order valence-electron chi connectivity index (χ4n) is 3.98. The van der Waals surface area contributed by atoms with Crippen LogP contribution in [0.3, 0.4) is 0 Å². The number of hydrogen-bond donors (Lipinski definition) is 4. The van der Waals surface area contributed by atoms with Crippen LogP contribution < -0.4 is 10.6 Å². The topological polar surface area (TPSA) is 160 Å². The maximum absolute atomic E-state index is 12.7. The third kappa shape index (κ3) is 6.48. The van der Waals surface area contributed by atoms with Crippen LogP contribution in [0.4, 0.5) is 0 Å². The van der Waals surface area contributed by atoms with Crippen molar-refractivity contribution in [3.63, 3.8) is 0 Å². The normalized spacial score (nSPS) is 10.8. The third-order valence-corrected chi connectivity index (χ3v) is 6.07. The van der Waals surface area contributed by atoms with Crippen molar-refractivity contribution in [2.24, 2.45) is 0 Å². The van der Waals surface area contributed by atoms with E-state index in [4.69, 9.17) is 0 Å². The number of carbonyl (C=O) groups excluding carboxylic acids is 2. The Labute approximate surface area is 228 Å². The Balaban J connectivity index is 1.12. The number of nitrogens with one attached hydrogen (secondary N) is 2. The molecule has 0 bridgehead atoms. The molecule has 2 aromatic heterocycles. The molecule has 0 aliphatic rings. The van der Waals surface area contributed by atoms with E-state index < -0.39 is 0 Å². The van der Waals surface area contributed by atoms with E-state index in [0.29, 0.717) is 46.7 Å². The molecule has 5 rings (SSSR count). The molecule has 0 unspecified atom stereocenters. The summed E-state index contributed by atoms with van der Waals surface area (Å²) in [5.74, 6) is -0.381. The largest absolute Gasteiger partial charge is 0.508 e. The average Bonchev–Trinajstić information content (AvgIpc) is 3.62. The number of aromatic hydroxyl groups is 2. The first kappa shape index (κ1) is 26.1. The first-order valence-electron chi connectivity index (χ1n) is 12.4. The summed E-state index contributed by atoms with van der Waals surface area (Å²) in [6.45, 7) is 0.980. The molecule has 12 nitrogen and oxygen atoms in total. The summed E-state index contributed by atoms with van der Waals surface area (Å²) in [5.41, 5.74) is 3.15. The Bertz CT molecular complexity index is 1530. The second kappa shape index (κ2) is 11.9. The molecule has 40 heavy (non-hydrogen) atoms. The number of para-hydroxylation sites is 2. The van der Waals surface area contributed by atoms with E-state index in [9.17, 15) is 19.8 Å². The van der Waals surface area contributed by atoms with Crippen LogP contribution in [-0.2, 0) is 26.2 Å². The number of benzene rings is 3. The van der Waals surface area contributed by atoms with Gasteiger partial charge in [-0.2, -0.15) is 0 Å². The smallest absolute Gasteiger partial charge is 0.251 e. The van der Waals surface area contributed by atoms with Crippen LogP contribution in [0.1, 0.15) is 43.2 Å². The van der Waals surface area contributed by atoms with Gasteiger partial charge in [-0.1, -0.05) is 52.9 Å². The molecule has 0 radical (unpaired) electrons. The molecule has 0 aliphatic heterocycles. The molecule has 4 N–H and O–H groups in total. The number of hydrogen-bond acceptors (Lipinski definition) is 8. The standard InChI is InChI=1S/C28H26N8O4/c37-25-10-3-1-6-21(25)15-35-17-23(31-33-35)13-29-27(39)19-8-5-9-20(12-19)28(40)30-14-24-18-36(34-32-24)16-22-7-2-4-11-26(22)38/h1-12,17-18,37-38H,13-16H2,(H,29,39)(H,30,40). The van der Waals surface area contributed by atoms with E-state index in [1.165, 1.54) is 6.07 Å². The zero-order valence-corrected chi connectivity index (χ0v) is 21.3. The van der Waals surface area contributed by atoms with Gasteiger partial charge in [-0.25, -0.2) is 9.36 Å². The molecule has 12 heteroatoms. The van der Waals surface area contributed by atoms with Crippen LogP contribution in [-0.4, -0.2) is 52.0 Å². The van der Waals surface area contributed by atoms with Gasteiger partial charge in [-0.15, -0.1) is 10.2 Å². The summed E-state index contributed by atoms with van der Waals surface area (Å²) in [6.07, 6.45) is 3.38. The summed E-state index contributed by atoms with van der Waals surface area (Å²) in [5, 5.41) is 41.6. The molecular weight excluding hydrogens is 512 g/mol. The van der Waals surface area contributed by atoms with E-state index in [1.807, 2.05) is 12.1 Å². The number of carbonyl (C=O) groups is 2. The van der Waals surface area contributed by atoms with Crippen molar-refractivity contribution in [2.75, 3.05) is 0 Å². The zero-order valence-electron chi connectivity index (χ0n) is 21.3. The lowest BCUT2D eigenvalue weighted by molar-refractivity contribution is 0.0950. The van der Waals surface area contributed by atoms with Crippen LogP contribution in [0.15, 0.2) is 85.2 Å². The van der Waals surface area contributed by atoms with Crippen LogP contribution >= 0.6 is 0 Å². The van der Waals surface area contributed by atoms with E-state index >= 15 is 0 Å². The van der Waals surface area contributed by atoms with Crippen LogP contribution in [0.25, 0.3) is 0 Å². The Hall–Kier alpha value is -5.52. The molecule has 2 amide bonds. The highest BCUT2D eigenvalue weighted by atomic mass is 16.3. The molecule has 0 aliphatic carbocycles. The van der Waals surface area contributed by atoms with Crippen molar-refractivity contribution in [3.05, 3.63) is 119 Å². The van der Waals surface area contributed by atoms with Gasteiger partial charge in [0.1, 0.15) is 22.9 Å². The number of amides is 2. The Morgan fingerprint density at radius 2 is 1.10 bits per heavy atom. The number of aromatic nitrogens is 6. The number of phenols is 2. The molecule has 0 saturated carbocycles. The van der Waals surface area contributed by atoms with Crippen molar-refractivity contribution in [2.45, 2.75) is 26.2 Å². The van der Waals surface area contributed by atoms with Crippen molar-refractivity contribution in [1.29, 1.82) is 0 Å². The van der Waals surface area contributed by atoms with Crippen molar-refractivity contribution >= 4 is 11.8 Å². The summed E-state index contributed by atoms with van der Waals surface area (Å²) in [4.78, 5) is 25.4. The van der Waals surface area contributed by atoms with Gasteiger partial charge in [0.05, 0.1) is 38.6 Å². The van der Waals surface area contributed by atoms with Crippen LogP contribution in [0, 0.1) is 0 Å². The molecule has 0 fully saturated rings. The van der Waals surface area contributed by atoms with Gasteiger partial charge in [0.25, 0.3) is 11.8 Å². The molecule has 0 spiro atoms. The van der Waals surface area contributed by atoms with Gasteiger partial charge >= 0.3 is 0 Å². The van der Waals surface area contributed by atoms with Gasteiger partial charge < -0.3 is 20.8 Å². The van der Waals surface area contributed by atoms with E-state index in [2.05, 4.69) is 31.3 Å². The van der Waals surface area contributed by atoms with Crippen LogP contribution in [0.5, 0.6) is 11.5 Å². The van der Waals surface area contributed by atoms with E-state index in [-0.39, 0.29) is 36.4 Å². The first-order chi connectivity index (χ1) is 19.4. The molecule has 0 atom stereocenters. The highest BCUT2D eigenvalue weighted by Gasteiger charge is 2.13. The third-order valence-electron chi connectivity index (χ3n) is 6.07. The minimum Gasteiger partial charge on any atom is -0.508 e. The summed E-state index contributed by atoms with van der Waals surface area (Å²) < 4.78 is 3.15. The molecule has 0 saturated heterocycles. The average molecular weight is 539 g/mol. The molecule has 3 aromatic carbocycles. The molecule has 202 valence electrons. The quantitative estimate of drug-likeness (QED) is 0.211. The lowest BCUT2D eigenvalue weighted by Gasteiger charge is -2.07. The minimum absolute atomic E-state index is 0.145. The van der Waals surface area contributed by atoms with Crippen molar-refractivity contribution < 1.29 is 19.8 Å². The van der Waals surface area contributed by atoms with Gasteiger partial charge in [-0.3, -0.25) is 9.59 Å². The lowest BCUT2D eigenvalue weighted by Crippen LogP contribution is -2.25. The zero-order chi connectivity index (χ0) is 27.9. The highest BCUT2D eigenvalue weighted by Crippen LogP contribution is 2.17. The van der Waals surface area contributed by atoms with Gasteiger partial charge in [0.15, 0.2) is 0 Å². The minimum atomic E-state index is -0.364. The summed E-state index contributed by atoms with van der Waals surface area (Å²) >= 11 is 0. The SMILES string of the molecule is O=C(NCc1cn(Cc2ccccc2O)nn1)c1cccc(C(=O)NCc2cn(Cc3ccccc3O)nn2)c1. The van der Waals surface area contributed by atoms with Crippen molar-refractivity contribution in [1.82, 2.24) is 40.6 Å². The van der Waals surface area contributed by atoms with Gasteiger partial charge in [-0.05, 0) is 30.3 Å². The van der Waals surface area contributed by atoms with Gasteiger partial charge in [0.2, 0.25) is 0 Å². The maximum atomic E-state index is 12.7. The molecule has 2 heterocycles. The van der Waals surface area contributed by atoms with Crippen molar-refractivity contribution in [3.8, 4) is 11.5 Å².